The molecule has 6 nitrogen and oxygen atoms in total. The summed E-state index contributed by atoms with van der Waals surface area (Å²) in [6.07, 6.45) is 3.23. The Balaban J connectivity index is 1.95. The van der Waals surface area contributed by atoms with Crippen molar-refractivity contribution in [1.29, 1.82) is 0 Å². The van der Waals surface area contributed by atoms with Gasteiger partial charge in [-0.3, -0.25) is 0 Å². The lowest BCUT2D eigenvalue weighted by Crippen LogP contribution is -2.05. The van der Waals surface area contributed by atoms with Crippen LogP contribution in [-0.4, -0.2) is 24.7 Å². The third-order valence-electron chi connectivity index (χ3n) is 2.38. The molecule has 1 aromatic carbocycles. The van der Waals surface area contributed by atoms with Gasteiger partial charge in [0, 0.05) is 12.4 Å². The first-order chi connectivity index (χ1) is 10.1. The van der Waals surface area contributed by atoms with Gasteiger partial charge in [0.1, 0.15) is 11.6 Å². The maximum Gasteiger partial charge on any atom is 0.328 e. The van der Waals surface area contributed by atoms with Crippen LogP contribution in [0.3, 0.4) is 0 Å². The molecule has 3 rings (SSSR count). The molecule has 2 heterocycles. The van der Waals surface area contributed by atoms with Gasteiger partial charge in [-0.25, -0.2) is 9.07 Å². The highest BCUT2D eigenvalue weighted by molar-refractivity contribution is 9.10. The molecule has 0 bridgehead atoms. The van der Waals surface area contributed by atoms with E-state index in [1.165, 1.54) is 22.9 Å². The lowest BCUT2D eigenvalue weighted by Gasteiger charge is -2.07. The van der Waals surface area contributed by atoms with E-state index in [0.717, 1.165) is 0 Å². The van der Waals surface area contributed by atoms with E-state index in [2.05, 4.69) is 36.0 Å². The summed E-state index contributed by atoms with van der Waals surface area (Å²) in [5.74, 6) is 0.179. The van der Waals surface area contributed by atoms with Gasteiger partial charge in [0.15, 0.2) is 0 Å². The van der Waals surface area contributed by atoms with Crippen LogP contribution < -0.4 is 4.74 Å². The first-order valence-corrected chi connectivity index (χ1v) is 6.83. The minimum absolute atomic E-state index is 0.0205. The van der Waals surface area contributed by atoms with Crippen LogP contribution in [0.1, 0.15) is 0 Å². The minimum atomic E-state index is -0.389. The summed E-state index contributed by atoms with van der Waals surface area (Å²) in [7, 11) is 0. The maximum absolute atomic E-state index is 13.0. The Morgan fingerprint density at radius 3 is 2.81 bits per heavy atom. The zero-order valence-electron chi connectivity index (χ0n) is 10.2. The molecule has 0 aliphatic rings. The van der Waals surface area contributed by atoms with Crippen molar-refractivity contribution in [2.24, 2.45) is 0 Å². The summed E-state index contributed by atoms with van der Waals surface area (Å²) in [6, 6.07) is 5.68. The average molecular weight is 371 g/mol. The van der Waals surface area contributed by atoms with Crippen LogP contribution >= 0.6 is 27.5 Å². The molecular weight excluding hydrogens is 365 g/mol. The largest absolute Gasteiger partial charge is 0.423 e. The van der Waals surface area contributed by atoms with Crippen molar-refractivity contribution >= 4 is 27.5 Å². The van der Waals surface area contributed by atoms with Gasteiger partial charge in [0.05, 0.1) is 4.47 Å². The van der Waals surface area contributed by atoms with Crippen molar-refractivity contribution < 1.29 is 9.13 Å². The van der Waals surface area contributed by atoms with Crippen molar-refractivity contribution in [3.63, 3.8) is 0 Å². The Hall–Kier alpha value is -2.06. The molecule has 0 fully saturated rings. The third kappa shape index (κ3) is 3.17. The maximum atomic E-state index is 13.0. The number of rotatable bonds is 3. The highest BCUT2D eigenvalue weighted by Crippen LogP contribution is 2.29. The second-order valence-electron chi connectivity index (χ2n) is 3.81. The van der Waals surface area contributed by atoms with Gasteiger partial charge >= 0.3 is 6.01 Å². The molecule has 0 spiro atoms. The zero-order chi connectivity index (χ0) is 14.8. The highest BCUT2D eigenvalue weighted by Gasteiger charge is 2.11. The number of aromatic nitrogens is 5. The van der Waals surface area contributed by atoms with Gasteiger partial charge in [-0.1, -0.05) is 0 Å². The smallest absolute Gasteiger partial charge is 0.328 e. The van der Waals surface area contributed by atoms with Crippen molar-refractivity contribution in [3.05, 3.63) is 52.2 Å². The molecule has 0 unspecified atom stereocenters. The van der Waals surface area contributed by atoms with E-state index in [1.54, 1.807) is 18.5 Å². The monoisotopic (exact) mass is 369 g/mol. The van der Waals surface area contributed by atoms with Crippen molar-refractivity contribution in [2.45, 2.75) is 0 Å². The van der Waals surface area contributed by atoms with E-state index >= 15 is 0 Å². The summed E-state index contributed by atoms with van der Waals surface area (Å²) in [5, 5.41) is 3.96. The lowest BCUT2D eigenvalue weighted by atomic mass is 10.3. The van der Waals surface area contributed by atoms with Crippen LogP contribution in [0, 0.1) is 5.82 Å². The molecule has 0 atom stereocenters. The van der Waals surface area contributed by atoms with Crippen LogP contribution in [0.5, 0.6) is 11.8 Å². The number of halogens is 3. The number of hydrogen-bond acceptors (Lipinski definition) is 5. The van der Waals surface area contributed by atoms with Gasteiger partial charge in [0.2, 0.25) is 5.28 Å². The van der Waals surface area contributed by atoms with Crippen LogP contribution in [-0.2, 0) is 0 Å². The molecule has 21 heavy (non-hydrogen) atoms. The Labute approximate surface area is 131 Å². The Morgan fingerprint density at radius 2 is 2.10 bits per heavy atom. The van der Waals surface area contributed by atoms with Crippen molar-refractivity contribution in [1.82, 2.24) is 24.7 Å². The number of hydrogen-bond donors (Lipinski definition) is 0. The Bertz CT molecular complexity index is 783. The molecule has 0 radical (unpaired) electrons. The lowest BCUT2D eigenvalue weighted by molar-refractivity contribution is 0.433. The van der Waals surface area contributed by atoms with Gasteiger partial charge in [0.25, 0.3) is 5.95 Å². The molecule has 3 aromatic rings. The van der Waals surface area contributed by atoms with E-state index in [9.17, 15) is 4.39 Å². The second kappa shape index (κ2) is 5.74. The molecule has 0 saturated heterocycles. The fourth-order valence-corrected chi connectivity index (χ4v) is 2.09. The molecular formula is C12H6BrClFN5O. The van der Waals surface area contributed by atoms with E-state index in [4.69, 9.17) is 16.3 Å². The van der Waals surface area contributed by atoms with Crippen LogP contribution in [0.4, 0.5) is 4.39 Å². The fraction of sp³-hybridized carbons (Fsp3) is 0. The van der Waals surface area contributed by atoms with E-state index < -0.39 is 0 Å². The van der Waals surface area contributed by atoms with E-state index in [0.29, 0.717) is 10.2 Å². The first kappa shape index (κ1) is 13.9. The van der Waals surface area contributed by atoms with Crippen molar-refractivity contribution in [3.8, 4) is 17.7 Å². The first-order valence-electron chi connectivity index (χ1n) is 5.66. The number of benzene rings is 1. The summed E-state index contributed by atoms with van der Waals surface area (Å²) in [4.78, 5) is 11.9. The quantitative estimate of drug-likeness (QED) is 0.707. The van der Waals surface area contributed by atoms with Gasteiger partial charge in [-0.05, 0) is 51.8 Å². The third-order valence-corrected chi connectivity index (χ3v) is 3.17. The van der Waals surface area contributed by atoms with Gasteiger partial charge < -0.3 is 4.74 Å². The Morgan fingerprint density at radius 1 is 1.24 bits per heavy atom. The normalized spacial score (nSPS) is 10.6. The Kier molecular flexibility index (Phi) is 3.80. The molecule has 0 amide bonds. The molecule has 9 heteroatoms. The van der Waals surface area contributed by atoms with Gasteiger partial charge in [-0.2, -0.15) is 20.1 Å². The SMILES string of the molecule is Fc1ccc(Oc2nc(Cl)nc(-n3cccn3)n2)c(Br)c1. The predicted octanol–water partition coefficient (Wildman–Crippen LogP) is 3.40. The summed E-state index contributed by atoms with van der Waals surface area (Å²) >= 11 is 9.04. The number of ether oxygens (including phenoxy) is 1. The molecule has 0 saturated carbocycles. The highest BCUT2D eigenvalue weighted by atomic mass is 79.9. The minimum Gasteiger partial charge on any atom is -0.423 e. The topological polar surface area (TPSA) is 65.7 Å². The standard InChI is InChI=1S/C12H6BrClFN5O/c13-8-6-7(15)2-3-9(8)21-12-18-10(14)17-11(19-12)20-5-1-4-16-20/h1-6H. The fourth-order valence-electron chi connectivity index (χ4n) is 1.51. The van der Waals surface area contributed by atoms with Gasteiger partial charge in [-0.15, -0.1) is 0 Å². The summed E-state index contributed by atoms with van der Waals surface area (Å²) in [6.45, 7) is 0. The second-order valence-corrected chi connectivity index (χ2v) is 5.01. The van der Waals surface area contributed by atoms with Crippen LogP contribution in [0.25, 0.3) is 5.95 Å². The van der Waals surface area contributed by atoms with Crippen LogP contribution in [0.15, 0.2) is 41.1 Å². The molecule has 0 aliphatic carbocycles. The summed E-state index contributed by atoms with van der Waals surface area (Å²) < 4.78 is 20.4. The molecule has 2 aromatic heterocycles. The molecule has 106 valence electrons. The van der Waals surface area contributed by atoms with Crippen molar-refractivity contribution in [2.75, 3.05) is 0 Å². The molecule has 0 N–H and O–H groups in total. The van der Waals surface area contributed by atoms with E-state index in [-0.39, 0.29) is 23.1 Å². The molecule has 0 aliphatic heterocycles. The predicted molar refractivity (Wildman–Crippen MR) is 76.1 cm³/mol. The zero-order valence-corrected chi connectivity index (χ0v) is 12.6. The van der Waals surface area contributed by atoms with Crippen LogP contribution in [0.2, 0.25) is 5.28 Å². The van der Waals surface area contributed by atoms with E-state index in [1.807, 2.05) is 0 Å². The average Bonchev–Trinajstić information content (AvgIpc) is 2.95. The number of nitrogens with zero attached hydrogens (tertiary/aromatic N) is 5. The summed E-state index contributed by atoms with van der Waals surface area (Å²) in [5.41, 5.74) is 0.